The van der Waals surface area contributed by atoms with Crippen molar-refractivity contribution in [3.05, 3.63) is 82.4 Å². The largest absolute Gasteiger partial charge is 0.495 e. The van der Waals surface area contributed by atoms with E-state index in [1.54, 1.807) is 12.1 Å². The molecule has 3 aromatic rings. The van der Waals surface area contributed by atoms with E-state index < -0.39 is 5.97 Å². The van der Waals surface area contributed by atoms with E-state index in [0.717, 1.165) is 11.1 Å². The van der Waals surface area contributed by atoms with Crippen LogP contribution >= 0.6 is 11.6 Å². The molecule has 0 fully saturated rings. The van der Waals surface area contributed by atoms with Crippen LogP contribution in [0.2, 0.25) is 5.02 Å². The van der Waals surface area contributed by atoms with Gasteiger partial charge in [0, 0.05) is 17.6 Å². The van der Waals surface area contributed by atoms with E-state index >= 15 is 0 Å². The summed E-state index contributed by atoms with van der Waals surface area (Å²) in [7, 11) is 1.53. The Morgan fingerprint density at radius 1 is 1.00 bits per heavy atom. The van der Waals surface area contributed by atoms with E-state index in [1.165, 1.54) is 19.2 Å². The van der Waals surface area contributed by atoms with E-state index in [-0.39, 0.29) is 5.56 Å². The van der Waals surface area contributed by atoms with Crippen LogP contribution in [0.4, 0.5) is 5.69 Å². The van der Waals surface area contributed by atoms with E-state index in [0.29, 0.717) is 47.7 Å². The van der Waals surface area contributed by atoms with Gasteiger partial charge in [0.1, 0.15) is 12.4 Å². The van der Waals surface area contributed by atoms with Crippen molar-refractivity contribution in [2.24, 2.45) is 0 Å². The number of hydrogen-bond acceptors (Lipinski definition) is 5. The summed E-state index contributed by atoms with van der Waals surface area (Å²) in [6, 6.07) is 18.0. The van der Waals surface area contributed by atoms with E-state index in [9.17, 15) is 9.90 Å². The molecule has 0 unspecified atom stereocenters. The second-order valence-electron chi connectivity index (χ2n) is 6.67. The van der Waals surface area contributed by atoms with Crippen LogP contribution in [0.5, 0.6) is 17.2 Å². The Labute approximate surface area is 186 Å². The summed E-state index contributed by atoms with van der Waals surface area (Å²) in [6.45, 7) is 3.12. The van der Waals surface area contributed by atoms with Crippen LogP contribution in [0.1, 0.15) is 28.4 Å². The average molecular weight is 442 g/mol. The number of carboxylic acids is 1. The summed E-state index contributed by atoms with van der Waals surface area (Å²) in [6.07, 6.45) is 0. The predicted molar refractivity (Wildman–Crippen MR) is 121 cm³/mol. The number of rotatable bonds is 10. The summed E-state index contributed by atoms with van der Waals surface area (Å²) >= 11 is 6.50. The molecule has 162 valence electrons. The van der Waals surface area contributed by atoms with Crippen LogP contribution in [0.3, 0.4) is 0 Å². The molecule has 0 spiro atoms. The maximum Gasteiger partial charge on any atom is 0.335 e. The van der Waals surface area contributed by atoms with Gasteiger partial charge in [0.05, 0.1) is 25.0 Å². The van der Waals surface area contributed by atoms with Crippen molar-refractivity contribution in [3.63, 3.8) is 0 Å². The molecule has 0 heterocycles. The van der Waals surface area contributed by atoms with Gasteiger partial charge < -0.3 is 24.6 Å². The van der Waals surface area contributed by atoms with Crippen molar-refractivity contribution in [2.75, 3.05) is 19.0 Å². The van der Waals surface area contributed by atoms with Crippen LogP contribution in [0, 0.1) is 0 Å². The monoisotopic (exact) mass is 441 g/mol. The van der Waals surface area contributed by atoms with Gasteiger partial charge in [-0.3, -0.25) is 0 Å². The molecule has 0 saturated carbocycles. The first kappa shape index (κ1) is 22.3. The number of halogens is 1. The predicted octanol–water partition coefficient (Wildman–Crippen LogP) is 5.64. The first-order valence-electron chi connectivity index (χ1n) is 9.79. The minimum Gasteiger partial charge on any atom is -0.495 e. The zero-order valence-corrected chi connectivity index (χ0v) is 18.1. The maximum absolute atomic E-state index is 11.3. The smallest absolute Gasteiger partial charge is 0.335 e. The summed E-state index contributed by atoms with van der Waals surface area (Å²) in [5, 5.41) is 12.9. The van der Waals surface area contributed by atoms with Crippen LogP contribution in [-0.2, 0) is 13.2 Å². The number of ether oxygens (including phenoxy) is 3. The van der Waals surface area contributed by atoms with Gasteiger partial charge in [0.25, 0.3) is 0 Å². The normalized spacial score (nSPS) is 10.4. The molecule has 0 atom stereocenters. The Hall–Kier alpha value is -3.38. The fourth-order valence-corrected chi connectivity index (χ4v) is 3.22. The van der Waals surface area contributed by atoms with Gasteiger partial charge in [0.15, 0.2) is 11.5 Å². The van der Waals surface area contributed by atoms with Gasteiger partial charge in [-0.15, -0.1) is 0 Å². The lowest BCUT2D eigenvalue weighted by molar-refractivity contribution is 0.0697. The number of carbonyl (C=O) groups is 1. The van der Waals surface area contributed by atoms with E-state index in [4.69, 9.17) is 25.8 Å². The van der Waals surface area contributed by atoms with Crippen molar-refractivity contribution >= 4 is 23.3 Å². The minimum absolute atomic E-state index is 0.161. The number of anilines is 1. The second-order valence-corrected chi connectivity index (χ2v) is 7.08. The Morgan fingerprint density at radius 3 is 2.42 bits per heavy atom. The van der Waals surface area contributed by atoms with Gasteiger partial charge in [-0.1, -0.05) is 41.9 Å². The minimum atomic E-state index is -1.01. The molecular weight excluding hydrogens is 418 g/mol. The molecule has 6 nitrogen and oxygen atoms in total. The molecule has 3 aromatic carbocycles. The van der Waals surface area contributed by atoms with Gasteiger partial charge in [-0.05, 0) is 42.3 Å². The third-order valence-electron chi connectivity index (χ3n) is 4.57. The lowest BCUT2D eigenvalue weighted by Crippen LogP contribution is -2.06. The Bertz CT molecular complexity index is 1040. The quantitative estimate of drug-likeness (QED) is 0.424. The number of methoxy groups -OCH3 is 1. The molecule has 0 aliphatic carbocycles. The first-order valence-corrected chi connectivity index (χ1v) is 10.2. The van der Waals surface area contributed by atoms with Gasteiger partial charge in [0.2, 0.25) is 0 Å². The van der Waals surface area contributed by atoms with Gasteiger partial charge >= 0.3 is 5.97 Å². The van der Waals surface area contributed by atoms with Crippen molar-refractivity contribution in [1.82, 2.24) is 0 Å². The third kappa shape index (κ3) is 5.83. The van der Waals surface area contributed by atoms with Crippen molar-refractivity contribution in [1.29, 1.82) is 0 Å². The summed E-state index contributed by atoms with van der Waals surface area (Å²) < 4.78 is 17.0. The highest BCUT2D eigenvalue weighted by Crippen LogP contribution is 2.35. The number of nitrogens with one attached hydrogen (secondary N) is 1. The molecule has 0 radical (unpaired) electrons. The molecule has 0 saturated heterocycles. The number of aromatic carboxylic acids is 1. The van der Waals surface area contributed by atoms with Crippen LogP contribution in [-0.4, -0.2) is 24.8 Å². The van der Waals surface area contributed by atoms with Gasteiger partial charge in [-0.25, -0.2) is 4.79 Å². The molecule has 31 heavy (non-hydrogen) atoms. The highest BCUT2D eigenvalue weighted by Gasteiger charge is 2.14. The zero-order chi connectivity index (χ0) is 22.2. The molecule has 0 bridgehead atoms. The molecule has 0 amide bonds. The summed E-state index contributed by atoms with van der Waals surface area (Å²) in [5.74, 6) is 0.673. The second kappa shape index (κ2) is 10.6. The third-order valence-corrected chi connectivity index (χ3v) is 4.92. The number of benzene rings is 3. The molecular formula is C24H24ClNO5. The standard InChI is InChI=1S/C24H24ClNO5/c1-3-30-22-12-18(14-26-20-11-17(24(27)28)9-10-21(20)29-2)19(25)13-23(22)31-15-16-7-5-4-6-8-16/h4-13,26H,3,14-15H2,1-2H3,(H,27,28). The molecule has 0 aliphatic rings. The van der Waals surface area contributed by atoms with E-state index in [1.807, 2.05) is 43.3 Å². The Kier molecular flexibility index (Phi) is 7.62. The maximum atomic E-state index is 11.3. The SMILES string of the molecule is CCOc1cc(CNc2cc(C(=O)O)ccc2OC)c(Cl)cc1OCc1ccccc1. The van der Waals surface area contributed by atoms with Crippen molar-refractivity contribution in [3.8, 4) is 17.2 Å². The van der Waals surface area contributed by atoms with Crippen LogP contribution in [0.15, 0.2) is 60.7 Å². The highest BCUT2D eigenvalue weighted by molar-refractivity contribution is 6.31. The molecule has 3 rings (SSSR count). The highest BCUT2D eigenvalue weighted by atomic mass is 35.5. The van der Waals surface area contributed by atoms with Gasteiger partial charge in [-0.2, -0.15) is 0 Å². The van der Waals surface area contributed by atoms with Crippen molar-refractivity contribution < 1.29 is 24.1 Å². The fourth-order valence-electron chi connectivity index (χ4n) is 3.00. The van der Waals surface area contributed by atoms with Crippen molar-refractivity contribution in [2.45, 2.75) is 20.1 Å². The number of hydrogen-bond donors (Lipinski definition) is 2. The van der Waals surface area contributed by atoms with Crippen LogP contribution in [0.25, 0.3) is 0 Å². The summed E-state index contributed by atoms with van der Waals surface area (Å²) in [5.41, 5.74) is 2.53. The van der Waals surface area contributed by atoms with Crippen LogP contribution < -0.4 is 19.5 Å². The first-order chi connectivity index (χ1) is 15.0. The average Bonchev–Trinajstić information content (AvgIpc) is 2.78. The number of carboxylic acid groups (broad SMARTS) is 1. The zero-order valence-electron chi connectivity index (χ0n) is 17.4. The Morgan fingerprint density at radius 2 is 1.74 bits per heavy atom. The molecule has 0 aliphatic heterocycles. The Balaban J connectivity index is 1.79. The lowest BCUT2D eigenvalue weighted by Gasteiger charge is -2.16. The molecule has 2 N–H and O–H groups in total. The lowest BCUT2D eigenvalue weighted by atomic mass is 10.1. The fraction of sp³-hybridized carbons (Fsp3) is 0.208. The summed E-state index contributed by atoms with van der Waals surface area (Å²) in [4.78, 5) is 11.3. The van der Waals surface area contributed by atoms with E-state index in [2.05, 4.69) is 5.32 Å². The molecule has 7 heteroatoms. The molecule has 0 aromatic heterocycles. The topological polar surface area (TPSA) is 77.0 Å².